The highest BCUT2D eigenvalue weighted by Crippen LogP contribution is 2.26. The van der Waals surface area contributed by atoms with E-state index in [-0.39, 0.29) is 10.7 Å². The van der Waals surface area contributed by atoms with Gasteiger partial charge in [-0.3, -0.25) is 9.59 Å². The third kappa shape index (κ3) is 6.17. The Morgan fingerprint density at radius 2 is 1.69 bits per heavy atom. The molecule has 2 aromatic carbocycles. The van der Waals surface area contributed by atoms with Gasteiger partial charge in [-0.1, -0.05) is 30.3 Å². The van der Waals surface area contributed by atoms with Gasteiger partial charge < -0.3 is 15.1 Å². The fourth-order valence-electron chi connectivity index (χ4n) is 4.15. The number of benzene rings is 2. The van der Waals surface area contributed by atoms with Crippen molar-refractivity contribution in [3.63, 3.8) is 0 Å². The highest BCUT2D eigenvalue weighted by atomic mass is 32.2. The van der Waals surface area contributed by atoms with Crippen LogP contribution in [0.15, 0.2) is 82.3 Å². The summed E-state index contributed by atoms with van der Waals surface area (Å²) in [6.45, 7) is 2.53. The Morgan fingerprint density at radius 1 is 1.00 bits per heavy atom. The predicted octanol–water partition coefficient (Wildman–Crippen LogP) is 3.68. The second-order valence-corrected chi connectivity index (χ2v) is 10.7. The summed E-state index contributed by atoms with van der Waals surface area (Å²) >= 11 is 0. The molecule has 2 N–H and O–H groups in total. The van der Waals surface area contributed by atoms with E-state index in [0.717, 1.165) is 19.3 Å². The molecule has 2 amide bonds. The van der Waals surface area contributed by atoms with Crippen LogP contribution in [-0.4, -0.2) is 43.7 Å². The van der Waals surface area contributed by atoms with Crippen molar-refractivity contribution in [3.05, 3.63) is 84.3 Å². The third-order valence-electron chi connectivity index (χ3n) is 6.19. The maximum absolute atomic E-state index is 13.1. The number of nitrogens with zero attached hydrogens (tertiary/aromatic N) is 1. The molecule has 2 heterocycles. The van der Waals surface area contributed by atoms with Crippen LogP contribution in [0.1, 0.15) is 35.9 Å². The van der Waals surface area contributed by atoms with E-state index in [9.17, 15) is 18.0 Å². The van der Waals surface area contributed by atoms with Gasteiger partial charge in [0.1, 0.15) is 6.04 Å². The lowest BCUT2D eigenvalue weighted by atomic mass is 9.91. The Kier molecular flexibility index (Phi) is 7.67. The number of nitrogens with one attached hydrogen (secondary N) is 2. The summed E-state index contributed by atoms with van der Waals surface area (Å²) < 4.78 is 32.8. The predicted molar refractivity (Wildman–Crippen MR) is 132 cm³/mol. The van der Waals surface area contributed by atoms with Crippen molar-refractivity contribution in [1.82, 2.24) is 9.62 Å². The van der Waals surface area contributed by atoms with E-state index >= 15 is 0 Å². The van der Waals surface area contributed by atoms with Crippen LogP contribution in [0.3, 0.4) is 0 Å². The zero-order valence-electron chi connectivity index (χ0n) is 19.5. The molecule has 3 aromatic rings. The first kappa shape index (κ1) is 24.7. The maximum atomic E-state index is 13.1. The summed E-state index contributed by atoms with van der Waals surface area (Å²) in [6.07, 6.45) is 3.99. The van der Waals surface area contributed by atoms with Gasteiger partial charge in [0.25, 0.3) is 5.91 Å². The molecule has 1 fully saturated rings. The Morgan fingerprint density at radius 3 is 2.31 bits per heavy atom. The molecule has 0 bridgehead atoms. The number of amides is 2. The highest BCUT2D eigenvalue weighted by molar-refractivity contribution is 7.89. The Bertz CT molecular complexity index is 1230. The van der Waals surface area contributed by atoms with Crippen LogP contribution in [0.5, 0.6) is 0 Å². The molecule has 35 heavy (non-hydrogen) atoms. The summed E-state index contributed by atoms with van der Waals surface area (Å²) in [5, 5.41) is 5.24. The molecule has 0 spiro atoms. The number of carbonyl (C=O) groups is 2. The van der Waals surface area contributed by atoms with Crippen molar-refractivity contribution in [1.29, 1.82) is 0 Å². The first-order valence-corrected chi connectivity index (χ1v) is 13.1. The van der Waals surface area contributed by atoms with E-state index in [2.05, 4.69) is 22.8 Å². The van der Waals surface area contributed by atoms with Gasteiger partial charge in [0.15, 0.2) is 5.76 Å². The first-order chi connectivity index (χ1) is 16.8. The summed E-state index contributed by atoms with van der Waals surface area (Å²) in [5.74, 6) is -0.340. The second-order valence-electron chi connectivity index (χ2n) is 8.72. The van der Waals surface area contributed by atoms with Crippen LogP contribution >= 0.6 is 0 Å². The molecule has 0 radical (unpaired) electrons. The topological polar surface area (TPSA) is 109 Å². The van der Waals surface area contributed by atoms with Crippen molar-refractivity contribution in [3.8, 4) is 0 Å². The number of sulfonamides is 1. The zero-order valence-corrected chi connectivity index (χ0v) is 20.3. The lowest BCUT2D eigenvalue weighted by molar-refractivity contribution is -0.117. The van der Waals surface area contributed by atoms with Gasteiger partial charge in [-0.05, 0) is 74.1 Å². The molecule has 1 atom stereocenters. The SMILES string of the molecule is C[C@H](NC(=O)c1ccco1)C(=O)Nc1ccc(S(=O)(=O)N2CCC(Cc3ccccc3)CC2)cc1. The monoisotopic (exact) mass is 495 g/mol. The molecule has 8 nitrogen and oxygen atoms in total. The molecule has 1 aliphatic rings. The molecular formula is C26H29N3O5S. The number of hydrogen-bond acceptors (Lipinski definition) is 5. The third-order valence-corrected chi connectivity index (χ3v) is 8.10. The van der Waals surface area contributed by atoms with Gasteiger partial charge in [0.2, 0.25) is 15.9 Å². The van der Waals surface area contributed by atoms with Gasteiger partial charge in [-0.2, -0.15) is 4.31 Å². The van der Waals surface area contributed by atoms with Crippen molar-refractivity contribution >= 4 is 27.5 Å². The van der Waals surface area contributed by atoms with E-state index in [1.165, 1.54) is 34.3 Å². The molecule has 1 saturated heterocycles. The van der Waals surface area contributed by atoms with E-state index in [1.807, 2.05) is 18.2 Å². The van der Waals surface area contributed by atoms with Crippen LogP contribution in [0.4, 0.5) is 5.69 Å². The van der Waals surface area contributed by atoms with Gasteiger partial charge in [0, 0.05) is 18.8 Å². The average molecular weight is 496 g/mol. The largest absolute Gasteiger partial charge is 0.459 e. The maximum Gasteiger partial charge on any atom is 0.287 e. The number of hydrogen-bond donors (Lipinski definition) is 2. The van der Waals surface area contributed by atoms with Crippen molar-refractivity contribution in [2.24, 2.45) is 5.92 Å². The van der Waals surface area contributed by atoms with Gasteiger partial charge >= 0.3 is 0 Å². The Hall–Kier alpha value is -3.43. The van der Waals surface area contributed by atoms with E-state index in [0.29, 0.717) is 24.7 Å². The minimum atomic E-state index is -3.61. The first-order valence-electron chi connectivity index (χ1n) is 11.6. The van der Waals surface area contributed by atoms with Crippen LogP contribution in [0, 0.1) is 5.92 Å². The number of rotatable bonds is 8. The molecule has 1 aromatic heterocycles. The number of anilines is 1. The van der Waals surface area contributed by atoms with Crippen LogP contribution in [0.25, 0.3) is 0 Å². The van der Waals surface area contributed by atoms with Crippen molar-refractivity contribution < 1.29 is 22.4 Å². The molecule has 9 heteroatoms. The summed E-state index contributed by atoms with van der Waals surface area (Å²) in [5.41, 5.74) is 1.72. The fourth-order valence-corrected chi connectivity index (χ4v) is 5.62. The van der Waals surface area contributed by atoms with Gasteiger partial charge in [-0.25, -0.2) is 8.42 Å². The van der Waals surface area contributed by atoms with Crippen molar-refractivity contribution in [2.45, 2.75) is 37.1 Å². The minimum Gasteiger partial charge on any atom is -0.459 e. The summed E-state index contributed by atoms with van der Waals surface area (Å²) in [7, 11) is -3.61. The highest BCUT2D eigenvalue weighted by Gasteiger charge is 2.29. The van der Waals surface area contributed by atoms with E-state index < -0.39 is 27.9 Å². The van der Waals surface area contributed by atoms with E-state index in [1.54, 1.807) is 25.1 Å². The number of furan rings is 1. The molecule has 0 saturated carbocycles. The lowest BCUT2D eigenvalue weighted by Crippen LogP contribution is -2.41. The van der Waals surface area contributed by atoms with Crippen LogP contribution in [-0.2, 0) is 21.2 Å². The number of carbonyl (C=O) groups excluding carboxylic acids is 2. The van der Waals surface area contributed by atoms with E-state index in [4.69, 9.17) is 4.42 Å². The standard InChI is InChI=1S/C26H29N3O5S/c1-19(27-26(31)24-8-5-17-34-24)25(30)28-22-9-11-23(12-10-22)35(32,33)29-15-13-21(14-16-29)18-20-6-3-2-4-7-20/h2-12,17,19,21H,13-16,18H2,1H3,(H,27,31)(H,28,30)/t19-/m0/s1. The average Bonchev–Trinajstić information content (AvgIpc) is 3.41. The van der Waals surface area contributed by atoms with Gasteiger partial charge in [-0.15, -0.1) is 0 Å². The number of piperidine rings is 1. The van der Waals surface area contributed by atoms with Crippen LogP contribution in [0.2, 0.25) is 0 Å². The second kappa shape index (κ2) is 10.9. The molecular weight excluding hydrogens is 466 g/mol. The molecule has 0 aliphatic carbocycles. The van der Waals surface area contributed by atoms with Gasteiger partial charge in [0.05, 0.1) is 11.2 Å². The quantitative estimate of drug-likeness (QED) is 0.496. The molecule has 1 aliphatic heterocycles. The minimum absolute atomic E-state index is 0.114. The van der Waals surface area contributed by atoms with Crippen molar-refractivity contribution in [2.75, 3.05) is 18.4 Å². The van der Waals surface area contributed by atoms with Crippen LogP contribution < -0.4 is 10.6 Å². The summed E-state index contributed by atoms with van der Waals surface area (Å²) in [4.78, 5) is 24.7. The summed E-state index contributed by atoms with van der Waals surface area (Å²) in [6, 6.07) is 18.6. The smallest absolute Gasteiger partial charge is 0.287 e. The Balaban J connectivity index is 1.30. The Labute approximate surface area is 205 Å². The molecule has 0 unspecified atom stereocenters. The normalized spacial score (nSPS) is 15.9. The fraction of sp³-hybridized carbons (Fsp3) is 0.308. The lowest BCUT2D eigenvalue weighted by Gasteiger charge is -2.31. The zero-order chi connectivity index (χ0) is 24.8. The molecule has 184 valence electrons. The molecule has 4 rings (SSSR count).